The number of rotatable bonds is 8. The molecule has 0 saturated carbocycles. The second-order valence-electron chi connectivity index (χ2n) is 8.02. The molecule has 0 saturated heterocycles. The maximum absolute atomic E-state index is 12.3. The van der Waals surface area contributed by atoms with Crippen molar-refractivity contribution in [1.82, 2.24) is 5.32 Å². The lowest BCUT2D eigenvalue weighted by atomic mass is 9.80. The van der Waals surface area contributed by atoms with Gasteiger partial charge in [0.05, 0.1) is 24.7 Å². The van der Waals surface area contributed by atoms with Gasteiger partial charge in [0.1, 0.15) is 5.60 Å². The van der Waals surface area contributed by atoms with E-state index in [1.807, 2.05) is 13.8 Å². The van der Waals surface area contributed by atoms with Crippen molar-refractivity contribution in [2.45, 2.75) is 91.1 Å². The average Bonchev–Trinajstić information content (AvgIpc) is 2.52. The second-order valence-corrected chi connectivity index (χ2v) is 8.02. The van der Waals surface area contributed by atoms with Crippen LogP contribution in [0.3, 0.4) is 0 Å². The molecule has 2 N–H and O–H groups in total. The third-order valence-corrected chi connectivity index (χ3v) is 4.46. The van der Waals surface area contributed by atoms with Gasteiger partial charge >= 0.3 is 11.9 Å². The van der Waals surface area contributed by atoms with Crippen molar-refractivity contribution < 1.29 is 29.0 Å². The molecule has 154 valence electrons. The first-order valence-electron chi connectivity index (χ1n) is 9.55. The molecular formula is C20H33NO6. The molecule has 0 radical (unpaired) electrons. The van der Waals surface area contributed by atoms with E-state index in [-0.39, 0.29) is 30.4 Å². The van der Waals surface area contributed by atoms with Crippen LogP contribution in [0.25, 0.3) is 0 Å². The Morgan fingerprint density at radius 2 is 1.85 bits per heavy atom. The SMILES string of the molecule is CCC(CC)O[C@@H]1C=C(C(=O)O)C[C@H](CC(=O)OC(C)(C)C)C1NC(C)=O. The lowest BCUT2D eigenvalue weighted by molar-refractivity contribution is -0.157. The number of nitrogens with one attached hydrogen (secondary N) is 1. The third-order valence-electron chi connectivity index (χ3n) is 4.46. The summed E-state index contributed by atoms with van der Waals surface area (Å²) >= 11 is 0. The molecule has 7 nitrogen and oxygen atoms in total. The van der Waals surface area contributed by atoms with Crippen molar-refractivity contribution in [2.24, 2.45) is 5.92 Å². The highest BCUT2D eigenvalue weighted by Gasteiger charge is 2.39. The number of carboxylic acid groups (broad SMARTS) is 1. The number of amides is 1. The van der Waals surface area contributed by atoms with Gasteiger partial charge in [0.2, 0.25) is 5.91 Å². The van der Waals surface area contributed by atoms with Crippen LogP contribution in [0.2, 0.25) is 0 Å². The van der Waals surface area contributed by atoms with Crippen molar-refractivity contribution in [2.75, 3.05) is 0 Å². The van der Waals surface area contributed by atoms with Crippen molar-refractivity contribution in [3.8, 4) is 0 Å². The zero-order valence-electron chi connectivity index (χ0n) is 17.2. The van der Waals surface area contributed by atoms with Gasteiger partial charge in [-0.15, -0.1) is 0 Å². The zero-order chi connectivity index (χ0) is 20.8. The fourth-order valence-electron chi connectivity index (χ4n) is 3.26. The Morgan fingerprint density at radius 1 is 1.26 bits per heavy atom. The second kappa shape index (κ2) is 9.88. The summed E-state index contributed by atoms with van der Waals surface area (Å²) in [6.45, 7) is 10.7. The van der Waals surface area contributed by atoms with E-state index in [1.54, 1.807) is 26.8 Å². The number of carboxylic acids is 1. The molecule has 1 rings (SSSR count). The molecule has 0 bridgehead atoms. The zero-order valence-corrected chi connectivity index (χ0v) is 17.2. The molecule has 0 spiro atoms. The molecule has 0 aliphatic heterocycles. The van der Waals surface area contributed by atoms with Crippen LogP contribution < -0.4 is 5.32 Å². The van der Waals surface area contributed by atoms with Gasteiger partial charge < -0.3 is 19.9 Å². The third kappa shape index (κ3) is 7.71. The van der Waals surface area contributed by atoms with Gasteiger partial charge in [0, 0.05) is 12.5 Å². The fraction of sp³-hybridized carbons (Fsp3) is 0.750. The monoisotopic (exact) mass is 383 g/mol. The molecular weight excluding hydrogens is 350 g/mol. The topological polar surface area (TPSA) is 102 Å². The highest BCUT2D eigenvalue weighted by Crippen LogP contribution is 2.31. The van der Waals surface area contributed by atoms with E-state index in [9.17, 15) is 19.5 Å². The first-order chi connectivity index (χ1) is 12.5. The highest BCUT2D eigenvalue weighted by atomic mass is 16.6. The van der Waals surface area contributed by atoms with Gasteiger partial charge in [-0.1, -0.05) is 13.8 Å². The molecule has 3 atom stereocenters. The summed E-state index contributed by atoms with van der Waals surface area (Å²) in [7, 11) is 0. The summed E-state index contributed by atoms with van der Waals surface area (Å²) in [6, 6.07) is -0.487. The number of carbonyl (C=O) groups is 3. The molecule has 1 aliphatic carbocycles. The molecule has 1 unspecified atom stereocenters. The molecule has 0 heterocycles. The standard InChI is InChI=1S/C20H33NO6/c1-7-15(8-2)26-16-10-14(19(24)25)9-13(18(16)21-12(3)22)11-17(23)27-20(4,5)6/h10,13,15-16,18H,7-9,11H2,1-6H3,(H,21,22)(H,24,25)/t13-,16-,18?/m1/s1. The smallest absolute Gasteiger partial charge is 0.331 e. The first kappa shape index (κ1) is 23.1. The Morgan fingerprint density at radius 3 is 2.30 bits per heavy atom. The van der Waals surface area contributed by atoms with Crippen LogP contribution in [0.15, 0.2) is 11.6 Å². The molecule has 0 aromatic rings. The van der Waals surface area contributed by atoms with Crippen LogP contribution in [0, 0.1) is 5.92 Å². The van der Waals surface area contributed by atoms with Gasteiger partial charge in [-0.05, 0) is 52.0 Å². The van der Waals surface area contributed by atoms with Crippen molar-refractivity contribution >= 4 is 17.8 Å². The van der Waals surface area contributed by atoms with E-state index in [1.165, 1.54) is 6.92 Å². The average molecular weight is 383 g/mol. The van der Waals surface area contributed by atoms with Gasteiger partial charge in [-0.25, -0.2) is 4.79 Å². The maximum Gasteiger partial charge on any atom is 0.331 e. The van der Waals surface area contributed by atoms with Gasteiger partial charge in [0.15, 0.2) is 0 Å². The summed E-state index contributed by atoms with van der Waals surface area (Å²) in [5.41, 5.74) is -0.437. The summed E-state index contributed by atoms with van der Waals surface area (Å²) in [6.07, 6.45) is 2.62. The molecule has 0 aromatic carbocycles. The molecule has 0 aromatic heterocycles. The Bertz CT molecular complexity index is 574. The molecule has 1 amide bonds. The van der Waals surface area contributed by atoms with Gasteiger partial charge in [0.25, 0.3) is 0 Å². The van der Waals surface area contributed by atoms with Crippen LogP contribution in [0.4, 0.5) is 0 Å². The van der Waals surface area contributed by atoms with Crippen LogP contribution >= 0.6 is 0 Å². The molecule has 27 heavy (non-hydrogen) atoms. The van der Waals surface area contributed by atoms with E-state index in [2.05, 4.69) is 5.32 Å². The largest absolute Gasteiger partial charge is 0.478 e. The van der Waals surface area contributed by atoms with E-state index >= 15 is 0 Å². The van der Waals surface area contributed by atoms with Crippen LogP contribution in [-0.2, 0) is 23.9 Å². The lowest BCUT2D eigenvalue weighted by Gasteiger charge is -2.38. The minimum atomic E-state index is -1.04. The Kier molecular flexibility index (Phi) is 8.47. The predicted octanol–water partition coefficient (Wildman–Crippen LogP) is 2.83. The quantitative estimate of drug-likeness (QED) is 0.625. The summed E-state index contributed by atoms with van der Waals surface area (Å²) in [5.74, 6) is -2.13. The number of hydrogen-bond donors (Lipinski definition) is 2. The maximum atomic E-state index is 12.3. The van der Waals surface area contributed by atoms with E-state index < -0.39 is 35.6 Å². The van der Waals surface area contributed by atoms with Gasteiger partial charge in [-0.3, -0.25) is 9.59 Å². The normalized spacial score (nSPS) is 22.9. The van der Waals surface area contributed by atoms with Gasteiger partial charge in [-0.2, -0.15) is 0 Å². The first-order valence-corrected chi connectivity index (χ1v) is 9.55. The molecule has 1 aliphatic rings. The number of hydrogen-bond acceptors (Lipinski definition) is 5. The minimum absolute atomic E-state index is 0.00954. The minimum Gasteiger partial charge on any atom is -0.478 e. The molecule has 0 fully saturated rings. The number of aliphatic carboxylic acids is 1. The van der Waals surface area contributed by atoms with Crippen LogP contribution in [0.5, 0.6) is 0 Å². The van der Waals surface area contributed by atoms with Crippen LogP contribution in [0.1, 0.15) is 67.2 Å². The molecule has 7 heteroatoms. The van der Waals surface area contributed by atoms with Crippen molar-refractivity contribution in [1.29, 1.82) is 0 Å². The van der Waals surface area contributed by atoms with Crippen LogP contribution in [-0.4, -0.2) is 46.8 Å². The van der Waals surface area contributed by atoms with Crippen molar-refractivity contribution in [3.05, 3.63) is 11.6 Å². The number of ether oxygens (including phenoxy) is 2. The fourth-order valence-corrected chi connectivity index (χ4v) is 3.26. The predicted molar refractivity (Wildman–Crippen MR) is 101 cm³/mol. The summed E-state index contributed by atoms with van der Waals surface area (Å²) in [5, 5.41) is 12.3. The number of carbonyl (C=O) groups excluding carboxylic acids is 2. The van der Waals surface area contributed by atoms with E-state index in [4.69, 9.17) is 9.47 Å². The van der Waals surface area contributed by atoms with E-state index in [0.717, 1.165) is 12.8 Å². The highest BCUT2D eigenvalue weighted by molar-refractivity contribution is 5.87. The number of esters is 1. The van der Waals surface area contributed by atoms with E-state index in [0.29, 0.717) is 0 Å². The summed E-state index contributed by atoms with van der Waals surface area (Å²) < 4.78 is 11.5. The lowest BCUT2D eigenvalue weighted by Crippen LogP contribution is -2.52. The Labute approximate surface area is 161 Å². The summed E-state index contributed by atoms with van der Waals surface area (Å²) in [4.78, 5) is 35.7. The Hall–Kier alpha value is -1.89. The Balaban J connectivity index is 3.13. The van der Waals surface area contributed by atoms with Crippen molar-refractivity contribution in [3.63, 3.8) is 0 Å².